The second-order valence-corrected chi connectivity index (χ2v) is 7.18. The molecule has 1 aromatic heterocycles. The van der Waals surface area contributed by atoms with Gasteiger partial charge in [-0.1, -0.05) is 60.2 Å². The maximum absolute atomic E-state index is 13.3. The van der Waals surface area contributed by atoms with Gasteiger partial charge in [-0.3, -0.25) is 10.2 Å². The number of aryl methyl sites for hydroxylation is 1. The van der Waals surface area contributed by atoms with Crippen LogP contribution in [0.15, 0.2) is 84.9 Å². The first-order valence-electron chi connectivity index (χ1n) is 9.58. The second kappa shape index (κ2) is 6.95. The Bertz CT molecular complexity index is 1180. The smallest absolute Gasteiger partial charge is 0.273 e. The average molecular weight is 380 g/mol. The Labute approximate surface area is 168 Å². The molecule has 0 spiro atoms. The first-order chi connectivity index (χ1) is 14.2. The van der Waals surface area contributed by atoms with E-state index in [2.05, 4.69) is 10.4 Å². The fourth-order valence-corrected chi connectivity index (χ4v) is 3.57. The molecule has 142 valence electrons. The molecular weight excluding hydrogens is 360 g/mol. The summed E-state index contributed by atoms with van der Waals surface area (Å²) in [5.41, 5.74) is 8.79. The normalized spacial score (nSPS) is 16.0. The lowest BCUT2D eigenvalue weighted by atomic mass is 10.1. The van der Waals surface area contributed by atoms with E-state index in [-0.39, 0.29) is 11.9 Å². The Morgan fingerprint density at radius 1 is 0.931 bits per heavy atom. The Morgan fingerprint density at radius 2 is 1.66 bits per heavy atom. The standard InChI is InChI=1S/C24H20N4O/c1-16-11-13-18(14-12-16)24(29)28-22(15-21(27-28)17-7-3-2-4-8-17)23-25-19-9-5-6-10-20(19)26-23/h2-15,22,27H,1H3,(H,25,26). The number of hydrogen-bond acceptors (Lipinski definition) is 3. The largest absolute Gasteiger partial charge is 0.340 e. The molecule has 0 fully saturated rings. The quantitative estimate of drug-likeness (QED) is 0.545. The van der Waals surface area contributed by atoms with Crippen LogP contribution in [-0.2, 0) is 0 Å². The number of benzene rings is 3. The number of imidazole rings is 1. The van der Waals surface area contributed by atoms with Crippen molar-refractivity contribution in [2.24, 2.45) is 0 Å². The second-order valence-electron chi connectivity index (χ2n) is 7.18. The number of H-pyrrole nitrogens is 1. The molecule has 0 aliphatic carbocycles. The van der Waals surface area contributed by atoms with Gasteiger partial charge >= 0.3 is 0 Å². The molecule has 0 radical (unpaired) electrons. The Morgan fingerprint density at radius 3 is 2.41 bits per heavy atom. The summed E-state index contributed by atoms with van der Waals surface area (Å²) in [4.78, 5) is 21.4. The third kappa shape index (κ3) is 3.17. The summed E-state index contributed by atoms with van der Waals surface area (Å²) in [6, 6.07) is 25.1. The van der Waals surface area contributed by atoms with Crippen molar-refractivity contribution in [3.8, 4) is 0 Å². The van der Waals surface area contributed by atoms with E-state index in [9.17, 15) is 4.79 Å². The number of nitrogens with zero attached hydrogens (tertiary/aromatic N) is 2. The minimum atomic E-state index is -0.341. The molecule has 1 unspecified atom stereocenters. The molecule has 2 heterocycles. The van der Waals surface area contributed by atoms with Crippen LogP contribution in [0, 0.1) is 6.92 Å². The highest BCUT2D eigenvalue weighted by Gasteiger charge is 2.33. The molecule has 3 aromatic carbocycles. The summed E-state index contributed by atoms with van der Waals surface area (Å²) in [5.74, 6) is 0.628. The van der Waals surface area contributed by atoms with Crippen molar-refractivity contribution in [3.63, 3.8) is 0 Å². The van der Waals surface area contributed by atoms with Crippen LogP contribution in [0.4, 0.5) is 0 Å². The monoisotopic (exact) mass is 380 g/mol. The van der Waals surface area contributed by atoms with E-state index in [0.717, 1.165) is 33.7 Å². The first kappa shape index (κ1) is 17.3. The number of amides is 1. The first-order valence-corrected chi connectivity index (χ1v) is 9.58. The van der Waals surface area contributed by atoms with Gasteiger partial charge in [0.2, 0.25) is 0 Å². The number of nitrogens with one attached hydrogen (secondary N) is 2. The number of hydrogen-bond donors (Lipinski definition) is 2. The predicted octanol–water partition coefficient (Wildman–Crippen LogP) is 4.61. The van der Waals surface area contributed by atoms with Gasteiger partial charge in [-0.25, -0.2) is 9.99 Å². The summed E-state index contributed by atoms with van der Waals surface area (Å²) in [6.07, 6.45) is 2.04. The molecule has 29 heavy (non-hydrogen) atoms. The number of aromatic amines is 1. The molecule has 4 aromatic rings. The number of carbonyl (C=O) groups is 1. The molecular formula is C24H20N4O. The number of fused-ring (bicyclic) bond motifs is 1. The van der Waals surface area contributed by atoms with Crippen LogP contribution in [0.2, 0.25) is 0 Å². The highest BCUT2D eigenvalue weighted by atomic mass is 16.2. The highest BCUT2D eigenvalue weighted by Crippen LogP contribution is 2.32. The third-order valence-electron chi connectivity index (χ3n) is 5.13. The summed E-state index contributed by atoms with van der Waals surface area (Å²) in [6.45, 7) is 2.01. The molecule has 1 amide bonds. The van der Waals surface area contributed by atoms with Crippen LogP contribution >= 0.6 is 0 Å². The van der Waals surface area contributed by atoms with E-state index >= 15 is 0 Å². The van der Waals surface area contributed by atoms with Crippen molar-refractivity contribution in [2.75, 3.05) is 0 Å². The molecule has 0 saturated carbocycles. The lowest BCUT2D eigenvalue weighted by Gasteiger charge is -2.24. The SMILES string of the molecule is Cc1ccc(C(=O)N2NC(c3ccccc3)=CC2c2nc3ccccc3[nH]2)cc1. The molecule has 0 saturated heterocycles. The third-order valence-corrected chi connectivity index (χ3v) is 5.13. The zero-order chi connectivity index (χ0) is 19.8. The maximum atomic E-state index is 13.3. The van der Waals surface area contributed by atoms with Gasteiger partial charge in [-0.05, 0) is 42.8 Å². The van der Waals surface area contributed by atoms with Gasteiger partial charge in [-0.2, -0.15) is 0 Å². The van der Waals surface area contributed by atoms with Crippen LogP contribution < -0.4 is 5.43 Å². The topological polar surface area (TPSA) is 61.0 Å². The van der Waals surface area contributed by atoms with E-state index in [1.807, 2.05) is 91.9 Å². The molecule has 0 bridgehead atoms. The van der Waals surface area contributed by atoms with Crippen LogP contribution in [-0.4, -0.2) is 20.9 Å². The van der Waals surface area contributed by atoms with Crippen LogP contribution in [0.1, 0.15) is 33.4 Å². The zero-order valence-corrected chi connectivity index (χ0v) is 16.0. The summed E-state index contributed by atoms with van der Waals surface area (Å²) < 4.78 is 0. The van der Waals surface area contributed by atoms with Crippen LogP contribution in [0.3, 0.4) is 0 Å². The van der Waals surface area contributed by atoms with Gasteiger partial charge in [0, 0.05) is 5.56 Å². The highest BCUT2D eigenvalue weighted by molar-refractivity contribution is 5.95. The zero-order valence-electron chi connectivity index (χ0n) is 16.0. The van der Waals surface area contributed by atoms with Crippen molar-refractivity contribution >= 4 is 22.6 Å². The van der Waals surface area contributed by atoms with E-state index in [0.29, 0.717) is 5.56 Å². The molecule has 1 aliphatic heterocycles. The lowest BCUT2D eigenvalue weighted by Crippen LogP contribution is -2.39. The van der Waals surface area contributed by atoms with Crippen molar-refractivity contribution in [3.05, 3.63) is 107 Å². The van der Waals surface area contributed by atoms with Crippen molar-refractivity contribution in [1.29, 1.82) is 0 Å². The van der Waals surface area contributed by atoms with Gasteiger partial charge < -0.3 is 4.98 Å². The Balaban J connectivity index is 1.57. The summed E-state index contributed by atoms with van der Waals surface area (Å²) in [7, 11) is 0. The number of para-hydroxylation sites is 2. The minimum Gasteiger partial charge on any atom is -0.340 e. The number of rotatable bonds is 3. The molecule has 5 nitrogen and oxygen atoms in total. The van der Waals surface area contributed by atoms with Crippen molar-refractivity contribution in [2.45, 2.75) is 13.0 Å². The number of hydrazine groups is 1. The van der Waals surface area contributed by atoms with Gasteiger partial charge in [0.15, 0.2) is 0 Å². The fourth-order valence-electron chi connectivity index (χ4n) is 3.57. The van der Waals surface area contributed by atoms with E-state index in [1.54, 1.807) is 5.01 Å². The summed E-state index contributed by atoms with van der Waals surface area (Å²) in [5, 5.41) is 1.64. The fraction of sp³-hybridized carbons (Fsp3) is 0.0833. The Kier molecular flexibility index (Phi) is 4.13. The molecule has 1 aliphatic rings. The Hall–Kier alpha value is -3.86. The molecule has 5 rings (SSSR count). The average Bonchev–Trinajstić information content (AvgIpc) is 3.39. The number of aromatic nitrogens is 2. The van der Waals surface area contributed by atoms with E-state index < -0.39 is 0 Å². The maximum Gasteiger partial charge on any atom is 0.273 e. The molecule has 2 N–H and O–H groups in total. The van der Waals surface area contributed by atoms with Gasteiger partial charge in [0.1, 0.15) is 11.9 Å². The van der Waals surface area contributed by atoms with E-state index in [1.165, 1.54) is 0 Å². The minimum absolute atomic E-state index is 0.0994. The predicted molar refractivity (Wildman–Crippen MR) is 114 cm³/mol. The van der Waals surface area contributed by atoms with Crippen LogP contribution in [0.5, 0.6) is 0 Å². The van der Waals surface area contributed by atoms with Gasteiger partial charge in [-0.15, -0.1) is 0 Å². The van der Waals surface area contributed by atoms with Crippen molar-refractivity contribution < 1.29 is 4.79 Å². The van der Waals surface area contributed by atoms with Gasteiger partial charge in [0.25, 0.3) is 5.91 Å². The van der Waals surface area contributed by atoms with Gasteiger partial charge in [0.05, 0.1) is 16.7 Å². The lowest BCUT2D eigenvalue weighted by molar-refractivity contribution is 0.0666. The summed E-state index contributed by atoms with van der Waals surface area (Å²) >= 11 is 0. The van der Waals surface area contributed by atoms with Crippen molar-refractivity contribution in [1.82, 2.24) is 20.4 Å². The van der Waals surface area contributed by atoms with Crippen LogP contribution in [0.25, 0.3) is 16.7 Å². The van der Waals surface area contributed by atoms with E-state index in [4.69, 9.17) is 4.98 Å². The molecule has 1 atom stereocenters. The molecule has 5 heteroatoms. The number of carbonyl (C=O) groups excluding carboxylic acids is 1.